The summed E-state index contributed by atoms with van der Waals surface area (Å²) in [5.74, 6) is 1.98. The van der Waals surface area contributed by atoms with Crippen molar-refractivity contribution < 1.29 is 4.42 Å². The molecule has 11 aromatic rings. The first-order valence-corrected chi connectivity index (χ1v) is 20.5. The van der Waals surface area contributed by atoms with E-state index in [9.17, 15) is 0 Å². The van der Waals surface area contributed by atoms with Gasteiger partial charge in [0.15, 0.2) is 17.5 Å². The SMILES string of the molecule is C1=C(c2ccccc2)CCC(c2nc(-c3ccc4ccccc4c3)nc(-c3cccc4oc5cc(-c6cc7ccccc7c7c6sc6ccccc67)ccc5c34)n2)=C1. The number of aromatic nitrogens is 3. The van der Waals surface area contributed by atoms with Gasteiger partial charge in [0.05, 0.1) is 0 Å². The Morgan fingerprint density at radius 1 is 0.414 bits per heavy atom. The Labute approximate surface area is 338 Å². The Balaban J connectivity index is 1.03. The van der Waals surface area contributed by atoms with Crippen LogP contribution >= 0.6 is 11.3 Å². The molecule has 12 rings (SSSR count). The third-order valence-corrected chi connectivity index (χ3v) is 12.8. The summed E-state index contributed by atoms with van der Waals surface area (Å²) in [6.07, 6.45) is 6.16. The normalized spacial score (nSPS) is 13.2. The Morgan fingerprint density at radius 3 is 2.02 bits per heavy atom. The average molecular weight is 760 g/mol. The van der Waals surface area contributed by atoms with Crippen molar-refractivity contribution in [3.63, 3.8) is 0 Å². The number of allylic oxidation sites excluding steroid dienone is 4. The molecule has 272 valence electrons. The van der Waals surface area contributed by atoms with Crippen molar-refractivity contribution in [2.24, 2.45) is 0 Å². The van der Waals surface area contributed by atoms with Gasteiger partial charge in [0.2, 0.25) is 0 Å². The lowest BCUT2D eigenvalue weighted by Gasteiger charge is -2.16. The highest BCUT2D eigenvalue weighted by atomic mass is 32.1. The van der Waals surface area contributed by atoms with Gasteiger partial charge in [-0.05, 0) is 93.1 Å². The van der Waals surface area contributed by atoms with Crippen LogP contribution in [0, 0.1) is 0 Å². The summed E-state index contributed by atoms with van der Waals surface area (Å²) in [4.78, 5) is 15.6. The minimum atomic E-state index is 0.630. The number of thiophene rings is 1. The van der Waals surface area contributed by atoms with Crippen LogP contribution in [0.3, 0.4) is 0 Å². The van der Waals surface area contributed by atoms with E-state index in [1.54, 1.807) is 0 Å². The molecule has 0 aliphatic heterocycles. The third kappa shape index (κ3) is 5.39. The molecule has 3 heterocycles. The lowest BCUT2D eigenvalue weighted by Crippen LogP contribution is -2.04. The van der Waals surface area contributed by atoms with E-state index in [4.69, 9.17) is 19.4 Å². The molecule has 0 atom stereocenters. The fourth-order valence-corrected chi connectivity index (χ4v) is 10.0. The monoisotopic (exact) mass is 759 g/mol. The van der Waals surface area contributed by atoms with Crippen LogP contribution < -0.4 is 0 Å². The molecule has 3 aromatic heterocycles. The molecule has 0 unspecified atom stereocenters. The molecule has 58 heavy (non-hydrogen) atoms. The Hall–Kier alpha value is -7.21. The van der Waals surface area contributed by atoms with Gasteiger partial charge in [0.25, 0.3) is 0 Å². The van der Waals surface area contributed by atoms with Crippen molar-refractivity contribution in [1.82, 2.24) is 15.0 Å². The quantitative estimate of drug-likeness (QED) is 0.175. The summed E-state index contributed by atoms with van der Waals surface area (Å²) in [6.45, 7) is 0. The van der Waals surface area contributed by atoms with Gasteiger partial charge in [-0.15, -0.1) is 11.3 Å². The number of nitrogens with zero attached hydrogens (tertiary/aromatic N) is 3. The van der Waals surface area contributed by atoms with E-state index in [2.05, 4.69) is 164 Å². The maximum atomic E-state index is 6.71. The maximum absolute atomic E-state index is 6.71. The second-order valence-electron chi connectivity index (χ2n) is 15.1. The molecular formula is C53H33N3OS. The third-order valence-electron chi connectivity index (χ3n) is 11.6. The summed E-state index contributed by atoms with van der Waals surface area (Å²) >= 11 is 1.86. The van der Waals surface area contributed by atoms with Gasteiger partial charge < -0.3 is 4.42 Å². The molecule has 5 heteroatoms. The zero-order valence-electron chi connectivity index (χ0n) is 31.3. The van der Waals surface area contributed by atoms with Gasteiger partial charge in [-0.25, -0.2) is 15.0 Å². The summed E-state index contributed by atoms with van der Waals surface area (Å²) < 4.78 is 9.29. The van der Waals surface area contributed by atoms with Gasteiger partial charge in [-0.2, -0.15) is 0 Å². The summed E-state index contributed by atoms with van der Waals surface area (Å²) in [5, 5.41) is 9.48. The van der Waals surface area contributed by atoms with E-state index in [1.807, 2.05) is 23.5 Å². The van der Waals surface area contributed by atoms with Gasteiger partial charge >= 0.3 is 0 Å². The second kappa shape index (κ2) is 13.2. The minimum absolute atomic E-state index is 0.630. The van der Waals surface area contributed by atoms with Crippen molar-refractivity contribution in [2.45, 2.75) is 12.8 Å². The van der Waals surface area contributed by atoms with Crippen LogP contribution in [0.2, 0.25) is 0 Å². The molecule has 8 aromatic carbocycles. The minimum Gasteiger partial charge on any atom is -0.456 e. The molecule has 0 spiro atoms. The van der Waals surface area contributed by atoms with Crippen molar-refractivity contribution in [2.75, 3.05) is 0 Å². The van der Waals surface area contributed by atoms with Crippen LogP contribution in [-0.2, 0) is 0 Å². The Morgan fingerprint density at radius 2 is 1.14 bits per heavy atom. The largest absolute Gasteiger partial charge is 0.456 e. The van der Waals surface area contributed by atoms with Gasteiger partial charge in [0.1, 0.15) is 11.2 Å². The predicted molar refractivity (Wildman–Crippen MR) is 243 cm³/mol. The van der Waals surface area contributed by atoms with Gasteiger partial charge in [-0.3, -0.25) is 0 Å². The predicted octanol–water partition coefficient (Wildman–Crippen LogP) is 14.7. The first kappa shape index (κ1) is 33.0. The molecule has 0 amide bonds. The number of hydrogen-bond donors (Lipinski definition) is 0. The lowest BCUT2D eigenvalue weighted by atomic mass is 9.93. The molecule has 1 aliphatic rings. The van der Waals surface area contributed by atoms with Crippen LogP contribution in [0.1, 0.15) is 24.2 Å². The van der Waals surface area contributed by atoms with E-state index in [0.29, 0.717) is 17.5 Å². The highest BCUT2D eigenvalue weighted by Gasteiger charge is 2.21. The number of benzene rings is 8. The Bertz CT molecular complexity index is 3520. The van der Waals surface area contributed by atoms with Crippen LogP contribution in [0.15, 0.2) is 180 Å². The summed E-state index contributed by atoms with van der Waals surface area (Å²) in [6, 6.07) is 58.1. The number of furan rings is 1. The fraction of sp³-hybridized carbons (Fsp3) is 0.0377. The molecule has 0 saturated heterocycles. The lowest BCUT2D eigenvalue weighted by molar-refractivity contribution is 0.669. The highest BCUT2D eigenvalue weighted by Crippen LogP contribution is 2.46. The highest BCUT2D eigenvalue weighted by molar-refractivity contribution is 7.26. The second-order valence-corrected chi connectivity index (χ2v) is 16.1. The van der Waals surface area contributed by atoms with E-state index >= 15 is 0 Å². The van der Waals surface area contributed by atoms with Crippen molar-refractivity contribution in [1.29, 1.82) is 0 Å². The zero-order valence-corrected chi connectivity index (χ0v) is 32.1. The summed E-state index contributed by atoms with van der Waals surface area (Å²) in [7, 11) is 0. The topological polar surface area (TPSA) is 51.8 Å². The molecular weight excluding hydrogens is 727 g/mol. The van der Waals surface area contributed by atoms with Gasteiger partial charge in [0, 0.05) is 47.6 Å². The van der Waals surface area contributed by atoms with E-state index in [1.165, 1.54) is 53.0 Å². The molecule has 1 aliphatic carbocycles. The maximum Gasteiger partial charge on any atom is 0.164 e. The van der Waals surface area contributed by atoms with Crippen molar-refractivity contribution in [3.05, 3.63) is 187 Å². The number of fused-ring (bicyclic) bond motifs is 9. The molecule has 4 nitrogen and oxygen atoms in total. The van der Waals surface area contributed by atoms with Gasteiger partial charge in [-0.1, -0.05) is 140 Å². The number of rotatable bonds is 5. The average Bonchev–Trinajstić information content (AvgIpc) is 3.88. The van der Waals surface area contributed by atoms with Crippen molar-refractivity contribution in [3.8, 4) is 33.9 Å². The van der Waals surface area contributed by atoms with Crippen LogP contribution in [0.5, 0.6) is 0 Å². The molecule has 0 fully saturated rings. The van der Waals surface area contributed by atoms with Crippen LogP contribution in [-0.4, -0.2) is 15.0 Å². The van der Waals surface area contributed by atoms with E-state index < -0.39 is 0 Å². The standard InChI is InChI=1S/C53H33N3OS/c1-2-11-32(12-3-1)34-21-24-35(25-22-34)51-54-52(39-26-23-33-13-4-5-14-36(33)29-39)56-53(55-51)43-18-10-19-45-48(43)41-28-27-38(31-46(41)57-45)44-30-37-15-6-7-16-40(37)49-42-17-8-9-20-47(42)58-50(44)49/h1-21,23-24,26-31H,22,25H2. The van der Waals surface area contributed by atoms with E-state index in [0.717, 1.165) is 62.4 Å². The van der Waals surface area contributed by atoms with Crippen molar-refractivity contribution >= 4 is 86.1 Å². The molecule has 0 radical (unpaired) electrons. The zero-order chi connectivity index (χ0) is 38.2. The first-order chi connectivity index (χ1) is 28.7. The molecule has 0 bridgehead atoms. The number of hydrogen-bond acceptors (Lipinski definition) is 5. The van der Waals surface area contributed by atoms with Crippen LogP contribution in [0.4, 0.5) is 0 Å². The molecule has 0 N–H and O–H groups in total. The van der Waals surface area contributed by atoms with E-state index in [-0.39, 0.29) is 0 Å². The fourth-order valence-electron chi connectivity index (χ4n) is 8.78. The van der Waals surface area contributed by atoms with Crippen LogP contribution in [0.25, 0.3) is 109 Å². The first-order valence-electron chi connectivity index (χ1n) is 19.7. The molecule has 0 saturated carbocycles. The summed E-state index contributed by atoms with van der Waals surface area (Å²) in [5.41, 5.74) is 9.52. The smallest absolute Gasteiger partial charge is 0.164 e. The Kier molecular flexibility index (Phi) is 7.50.